The molecule has 0 radical (unpaired) electrons. The van der Waals surface area contributed by atoms with Crippen LogP contribution < -0.4 is 4.90 Å². The van der Waals surface area contributed by atoms with Crippen LogP contribution >= 0.6 is 11.3 Å². The molecule has 0 bridgehead atoms. The highest BCUT2D eigenvalue weighted by atomic mass is 32.1. The number of carbonyl (C=O) groups is 1. The number of rotatable bonds is 5. The maximum atomic E-state index is 13.1. The summed E-state index contributed by atoms with van der Waals surface area (Å²) in [6.45, 7) is 4.19. The normalized spacial score (nSPS) is 11.0. The Bertz CT molecular complexity index is 1090. The van der Waals surface area contributed by atoms with E-state index >= 15 is 0 Å². The van der Waals surface area contributed by atoms with E-state index in [9.17, 15) is 4.79 Å². The minimum atomic E-state index is -0.279. The van der Waals surface area contributed by atoms with E-state index in [1.54, 1.807) is 24.1 Å². The van der Waals surface area contributed by atoms with Gasteiger partial charge in [-0.3, -0.25) is 14.7 Å². The van der Waals surface area contributed by atoms with E-state index in [4.69, 9.17) is 9.51 Å². The van der Waals surface area contributed by atoms with Gasteiger partial charge >= 0.3 is 0 Å². The molecule has 136 valence electrons. The van der Waals surface area contributed by atoms with Crippen molar-refractivity contribution in [3.8, 4) is 0 Å². The molecule has 0 unspecified atom stereocenters. The SMILES string of the molecule is CCc1cccc2sc(N(Cc3ccccn3)C(=O)c3cc(C)no3)nc12. The fourth-order valence-corrected chi connectivity index (χ4v) is 3.88. The zero-order chi connectivity index (χ0) is 18.8. The van der Waals surface area contributed by atoms with Crippen molar-refractivity contribution in [1.29, 1.82) is 0 Å². The third-order valence-electron chi connectivity index (χ3n) is 4.23. The maximum Gasteiger partial charge on any atom is 0.299 e. The fourth-order valence-electron chi connectivity index (χ4n) is 2.87. The number of nitrogens with zero attached hydrogens (tertiary/aromatic N) is 4. The van der Waals surface area contributed by atoms with Crippen molar-refractivity contribution < 1.29 is 9.32 Å². The second-order valence-electron chi connectivity index (χ2n) is 6.16. The molecule has 3 aromatic heterocycles. The maximum absolute atomic E-state index is 13.1. The molecule has 4 aromatic rings. The Morgan fingerprint density at radius 3 is 2.81 bits per heavy atom. The number of aromatic nitrogens is 3. The zero-order valence-electron chi connectivity index (χ0n) is 15.0. The summed E-state index contributed by atoms with van der Waals surface area (Å²) in [5.74, 6) is -0.0863. The summed E-state index contributed by atoms with van der Waals surface area (Å²) < 4.78 is 6.25. The molecule has 7 heteroatoms. The predicted molar refractivity (Wildman–Crippen MR) is 105 cm³/mol. The van der Waals surface area contributed by atoms with Crippen LogP contribution in [0.2, 0.25) is 0 Å². The van der Waals surface area contributed by atoms with E-state index in [1.807, 2.05) is 30.3 Å². The van der Waals surface area contributed by atoms with Gasteiger partial charge in [-0.05, 0) is 37.1 Å². The number of benzene rings is 1. The van der Waals surface area contributed by atoms with Gasteiger partial charge in [-0.2, -0.15) is 0 Å². The van der Waals surface area contributed by atoms with Crippen molar-refractivity contribution in [2.45, 2.75) is 26.8 Å². The molecule has 1 aromatic carbocycles. The predicted octanol–water partition coefficient (Wildman–Crippen LogP) is 4.40. The highest BCUT2D eigenvalue weighted by molar-refractivity contribution is 7.22. The van der Waals surface area contributed by atoms with E-state index in [-0.39, 0.29) is 11.7 Å². The monoisotopic (exact) mass is 378 g/mol. The van der Waals surface area contributed by atoms with Gasteiger partial charge < -0.3 is 4.52 Å². The highest BCUT2D eigenvalue weighted by Gasteiger charge is 2.25. The van der Waals surface area contributed by atoms with Gasteiger partial charge in [0.15, 0.2) is 5.13 Å². The Morgan fingerprint density at radius 1 is 1.22 bits per heavy atom. The minimum absolute atomic E-state index is 0.193. The molecular formula is C20H18N4O2S. The first kappa shape index (κ1) is 17.4. The lowest BCUT2D eigenvalue weighted by Crippen LogP contribution is -2.30. The summed E-state index contributed by atoms with van der Waals surface area (Å²) in [5, 5.41) is 4.46. The Morgan fingerprint density at radius 2 is 2.11 bits per heavy atom. The molecule has 1 amide bonds. The van der Waals surface area contributed by atoms with Gasteiger partial charge in [0, 0.05) is 12.3 Å². The minimum Gasteiger partial charge on any atom is -0.351 e. The first-order valence-corrected chi connectivity index (χ1v) is 9.51. The molecule has 0 spiro atoms. The Kier molecular flexibility index (Phi) is 4.68. The second-order valence-corrected chi connectivity index (χ2v) is 7.17. The van der Waals surface area contributed by atoms with Crippen LogP contribution in [-0.4, -0.2) is 21.0 Å². The molecule has 4 rings (SSSR count). The molecule has 0 aliphatic carbocycles. The smallest absolute Gasteiger partial charge is 0.299 e. The summed E-state index contributed by atoms with van der Waals surface area (Å²) in [5.41, 5.74) is 3.54. The number of aryl methyl sites for hydroxylation is 2. The molecule has 0 fully saturated rings. The summed E-state index contributed by atoms with van der Waals surface area (Å²) >= 11 is 1.49. The third kappa shape index (κ3) is 3.46. The van der Waals surface area contributed by atoms with E-state index in [1.165, 1.54) is 11.3 Å². The van der Waals surface area contributed by atoms with Gasteiger partial charge in [-0.1, -0.05) is 41.6 Å². The van der Waals surface area contributed by atoms with Crippen molar-refractivity contribution in [2.75, 3.05) is 4.90 Å². The van der Waals surface area contributed by atoms with Crippen LogP contribution in [0.4, 0.5) is 5.13 Å². The zero-order valence-corrected chi connectivity index (χ0v) is 15.9. The van der Waals surface area contributed by atoms with Gasteiger partial charge in [0.2, 0.25) is 5.76 Å². The van der Waals surface area contributed by atoms with Gasteiger partial charge in [-0.25, -0.2) is 4.98 Å². The number of fused-ring (bicyclic) bond motifs is 1. The van der Waals surface area contributed by atoms with Crippen LogP contribution in [0.15, 0.2) is 53.2 Å². The average Bonchev–Trinajstić information content (AvgIpc) is 3.32. The van der Waals surface area contributed by atoms with E-state index in [0.29, 0.717) is 17.4 Å². The first-order valence-electron chi connectivity index (χ1n) is 8.69. The molecule has 0 aliphatic heterocycles. The lowest BCUT2D eigenvalue weighted by molar-refractivity contribution is 0.0949. The van der Waals surface area contributed by atoms with Crippen molar-refractivity contribution in [1.82, 2.24) is 15.1 Å². The van der Waals surface area contributed by atoms with Gasteiger partial charge in [-0.15, -0.1) is 0 Å². The number of hydrogen-bond donors (Lipinski definition) is 0. The molecule has 0 aliphatic rings. The van der Waals surface area contributed by atoms with E-state index in [0.717, 1.165) is 27.9 Å². The Hall–Kier alpha value is -3.06. The quantitative estimate of drug-likeness (QED) is 0.515. The number of carbonyl (C=O) groups excluding carboxylic acids is 1. The van der Waals surface area contributed by atoms with E-state index < -0.39 is 0 Å². The summed E-state index contributed by atoms with van der Waals surface area (Å²) in [6.07, 6.45) is 2.60. The number of pyridine rings is 1. The summed E-state index contributed by atoms with van der Waals surface area (Å²) in [4.78, 5) is 23.8. The average molecular weight is 378 g/mol. The number of anilines is 1. The van der Waals surface area contributed by atoms with Crippen LogP contribution in [0.25, 0.3) is 10.2 Å². The van der Waals surface area contributed by atoms with Crippen molar-refractivity contribution >= 4 is 32.6 Å². The van der Waals surface area contributed by atoms with Gasteiger partial charge in [0.1, 0.15) is 0 Å². The lowest BCUT2D eigenvalue weighted by Gasteiger charge is -2.17. The summed E-state index contributed by atoms with van der Waals surface area (Å²) in [6, 6.07) is 13.4. The second kappa shape index (κ2) is 7.28. The standard InChI is InChI=1S/C20H18N4O2S/c1-3-14-7-6-9-17-18(14)22-20(27-17)24(12-15-8-4-5-10-21-15)19(25)16-11-13(2)23-26-16/h4-11H,3,12H2,1-2H3. The van der Waals surface area contributed by atoms with Crippen LogP contribution in [-0.2, 0) is 13.0 Å². The third-order valence-corrected chi connectivity index (χ3v) is 5.28. The van der Waals surface area contributed by atoms with Crippen molar-refractivity contribution in [2.24, 2.45) is 0 Å². The topological polar surface area (TPSA) is 72.1 Å². The van der Waals surface area contributed by atoms with Crippen LogP contribution in [0, 0.1) is 6.92 Å². The molecule has 3 heterocycles. The van der Waals surface area contributed by atoms with Crippen molar-refractivity contribution in [3.63, 3.8) is 0 Å². The Labute approximate surface area is 160 Å². The number of hydrogen-bond acceptors (Lipinski definition) is 6. The molecule has 27 heavy (non-hydrogen) atoms. The van der Waals surface area contributed by atoms with Gasteiger partial charge in [0.05, 0.1) is 28.1 Å². The fraction of sp³-hybridized carbons (Fsp3) is 0.200. The Balaban J connectivity index is 1.78. The lowest BCUT2D eigenvalue weighted by atomic mass is 10.1. The van der Waals surface area contributed by atoms with Crippen molar-refractivity contribution in [3.05, 3.63) is 71.4 Å². The highest BCUT2D eigenvalue weighted by Crippen LogP contribution is 2.32. The largest absolute Gasteiger partial charge is 0.351 e. The molecular weight excluding hydrogens is 360 g/mol. The van der Waals surface area contributed by atoms with Crippen LogP contribution in [0.3, 0.4) is 0 Å². The number of amides is 1. The molecule has 6 nitrogen and oxygen atoms in total. The number of thiazole rings is 1. The first-order chi connectivity index (χ1) is 13.2. The van der Waals surface area contributed by atoms with Gasteiger partial charge in [0.25, 0.3) is 5.91 Å². The molecule has 0 saturated carbocycles. The molecule has 0 saturated heterocycles. The van der Waals surface area contributed by atoms with Crippen LogP contribution in [0.5, 0.6) is 0 Å². The van der Waals surface area contributed by atoms with E-state index in [2.05, 4.69) is 23.1 Å². The number of para-hydroxylation sites is 1. The molecule has 0 N–H and O–H groups in total. The van der Waals surface area contributed by atoms with Crippen LogP contribution in [0.1, 0.15) is 34.4 Å². The molecule has 0 atom stereocenters. The summed E-state index contributed by atoms with van der Waals surface area (Å²) in [7, 11) is 0.